The Morgan fingerprint density at radius 3 is 3.07 bits per heavy atom. The topological polar surface area (TPSA) is 57.8 Å². The number of unbranched alkanes of at least 4 members (excludes halogenated alkanes) is 1. The van der Waals surface area contributed by atoms with Crippen LogP contribution in [0.5, 0.6) is 0 Å². The summed E-state index contributed by atoms with van der Waals surface area (Å²) in [6.07, 6.45) is 6.71. The summed E-state index contributed by atoms with van der Waals surface area (Å²) >= 11 is 5.32. The maximum Gasteiger partial charge on any atom is 0.234 e. The molecule has 1 aromatic rings. The van der Waals surface area contributed by atoms with Crippen molar-refractivity contribution in [2.24, 2.45) is 0 Å². The predicted octanol–water partition coefficient (Wildman–Crippen LogP) is 1.09. The third kappa shape index (κ3) is 4.28. The monoisotopic (exact) mass is 215 g/mol. The highest BCUT2D eigenvalue weighted by atomic mass is 35.5. The number of aryl methyl sites for hydroxylation is 1. The van der Waals surface area contributed by atoms with E-state index in [0.29, 0.717) is 6.54 Å². The van der Waals surface area contributed by atoms with Crippen LogP contribution in [-0.4, -0.2) is 28.5 Å². The average Bonchev–Trinajstić information content (AvgIpc) is 2.69. The number of nitrogens with zero attached hydrogens (tertiary/aromatic N) is 1. The molecule has 1 amide bonds. The highest BCUT2D eigenvalue weighted by molar-refractivity contribution is 6.27. The molecule has 0 radical (unpaired) electrons. The molecule has 0 atom stereocenters. The number of halogens is 1. The molecule has 0 spiro atoms. The molecule has 0 saturated carbocycles. The zero-order valence-electron chi connectivity index (χ0n) is 7.92. The van der Waals surface area contributed by atoms with E-state index in [1.54, 1.807) is 0 Å². The summed E-state index contributed by atoms with van der Waals surface area (Å²) in [6.45, 7) is 0.698. The standard InChI is InChI=1S/C9H14ClN3O/c10-5-9(14)11-4-2-1-3-8-6-12-13-7-8/h6-7H,1-5H2,(H,11,14)(H,12,13). The molecular weight excluding hydrogens is 202 g/mol. The quantitative estimate of drug-likeness (QED) is 0.551. The molecule has 5 heteroatoms. The van der Waals surface area contributed by atoms with Gasteiger partial charge in [-0.2, -0.15) is 5.10 Å². The van der Waals surface area contributed by atoms with E-state index >= 15 is 0 Å². The molecule has 0 fully saturated rings. The van der Waals surface area contributed by atoms with Gasteiger partial charge in [-0.15, -0.1) is 11.6 Å². The number of aromatic amines is 1. The third-order valence-corrected chi connectivity index (χ3v) is 2.13. The van der Waals surface area contributed by atoms with E-state index < -0.39 is 0 Å². The minimum absolute atomic E-state index is 0.0434. The first-order chi connectivity index (χ1) is 6.83. The highest BCUT2D eigenvalue weighted by Gasteiger charge is 1.97. The van der Waals surface area contributed by atoms with Crippen molar-refractivity contribution in [2.75, 3.05) is 12.4 Å². The van der Waals surface area contributed by atoms with E-state index in [-0.39, 0.29) is 11.8 Å². The molecule has 4 nitrogen and oxygen atoms in total. The lowest BCUT2D eigenvalue weighted by Crippen LogP contribution is -2.25. The van der Waals surface area contributed by atoms with Gasteiger partial charge in [0, 0.05) is 12.7 Å². The summed E-state index contributed by atoms with van der Waals surface area (Å²) in [5, 5.41) is 9.33. The first-order valence-electron chi connectivity index (χ1n) is 4.63. The van der Waals surface area contributed by atoms with Crippen molar-refractivity contribution in [3.8, 4) is 0 Å². The molecule has 0 unspecified atom stereocenters. The Labute approximate surface area is 88.0 Å². The van der Waals surface area contributed by atoms with Crippen LogP contribution >= 0.6 is 11.6 Å². The van der Waals surface area contributed by atoms with Crippen LogP contribution in [0.2, 0.25) is 0 Å². The van der Waals surface area contributed by atoms with Crippen LogP contribution in [0.15, 0.2) is 12.4 Å². The van der Waals surface area contributed by atoms with Crippen molar-refractivity contribution in [2.45, 2.75) is 19.3 Å². The normalized spacial score (nSPS) is 10.1. The van der Waals surface area contributed by atoms with E-state index in [4.69, 9.17) is 11.6 Å². The largest absolute Gasteiger partial charge is 0.355 e. The maximum atomic E-state index is 10.7. The molecule has 0 aromatic carbocycles. The average molecular weight is 216 g/mol. The first kappa shape index (κ1) is 11.0. The highest BCUT2D eigenvalue weighted by Crippen LogP contribution is 2.00. The van der Waals surface area contributed by atoms with Crippen LogP contribution in [0, 0.1) is 0 Å². The number of aromatic nitrogens is 2. The van der Waals surface area contributed by atoms with E-state index in [1.165, 1.54) is 5.56 Å². The van der Waals surface area contributed by atoms with Crippen molar-refractivity contribution >= 4 is 17.5 Å². The second-order valence-electron chi connectivity index (χ2n) is 3.05. The summed E-state index contributed by atoms with van der Waals surface area (Å²) in [6, 6.07) is 0. The lowest BCUT2D eigenvalue weighted by molar-refractivity contribution is -0.118. The lowest BCUT2D eigenvalue weighted by Gasteiger charge is -2.01. The Kier molecular flexibility index (Phi) is 5.07. The van der Waals surface area contributed by atoms with Gasteiger partial charge in [0.25, 0.3) is 0 Å². The second-order valence-corrected chi connectivity index (χ2v) is 3.31. The summed E-state index contributed by atoms with van der Waals surface area (Å²) in [7, 11) is 0. The Morgan fingerprint density at radius 2 is 2.43 bits per heavy atom. The zero-order valence-corrected chi connectivity index (χ0v) is 8.68. The van der Waals surface area contributed by atoms with Crippen LogP contribution in [0.25, 0.3) is 0 Å². The Balaban J connectivity index is 1.97. The minimum Gasteiger partial charge on any atom is -0.355 e. The van der Waals surface area contributed by atoms with Gasteiger partial charge in [-0.05, 0) is 24.8 Å². The van der Waals surface area contributed by atoms with Gasteiger partial charge in [0.1, 0.15) is 5.88 Å². The molecular formula is C9H14ClN3O. The van der Waals surface area contributed by atoms with Crippen LogP contribution < -0.4 is 5.32 Å². The summed E-state index contributed by atoms with van der Waals surface area (Å²) in [4.78, 5) is 10.7. The van der Waals surface area contributed by atoms with Gasteiger partial charge in [0.05, 0.1) is 6.20 Å². The Bertz CT molecular complexity index is 261. The van der Waals surface area contributed by atoms with Crippen molar-refractivity contribution in [3.05, 3.63) is 18.0 Å². The third-order valence-electron chi connectivity index (χ3n) is 1.89. The fourth-order valence-corrected chi connectivity index (χ4v) is 1.24. The molecule has 1 rings (SSSR count). The number of amides is 1. The number of hydrogen-bond acceptors (Lipinski definition) is 2. The molecule has 0 bridgehead atoms. The molecule has 0 saturated heterocycles. The predicted molar refractivity (Wildman–Crippen MR) is 55.3 cm³/mol. The molecule has 0 aliphatic rings. The first-order valence-corrected chi connectivity index (χ1v) is 5.16. The van der Waals surface area contributed by atoms with Gasteiger partial charge in [0.2, 0.25) is 5.91 Å². The maximum absolute atomic E-state index is 10.7. The van der Waals surface area contributed by atoms with E-state index in [0.717, 1.165) is 19.3 Å². The number of rotatable bonds is 6. The number of carbonyl (C=O) groups is 1. The van der Waals surface area contributed by atoms with Gasteiger partial charge in [0.15, 0.2) is 0 Å². The smallest absolute Gasteiger partial charge is 0.234 e. The van der Waals surface area contributed by atoms with Crippen LogP contribution in [0.3, 0.4) is 0 Å². The van der Waals surface area contributed by atoms with E-state index in [9.17, 15) is 4.79 Å². The summed E-state index contributed by atoms with van der Waals surface area (Å²) < 4.78 is 0. The van der Waals surface area contributed by atoms with Crippen molar-refractivity contribution in [1.82, 2.24) is 15.5 Å². The molecule has 14 heavy (non-hydrogen) atoms. The number of H-pyrrole nitrogens is 1. The molecule has 78 valence electrons. The molecule has 0 aliphatic heterocycles. The molecule has 0 aliphatic carbocycles. The molecule has 1 heterocycles. The number of nitrogens with one attached hydrogen (secondary N) is 2. The SMILES string of the molecule is O=C(CCl)NCCCCc1cn[nH]c1. The Morgan fingerprint density at radius 1 is 1.57 bits per heavy atom. The molecule has 1 aromatic heterocycles. The minimum atomic E-state index is -0.102. The molecule has 2 N–H and O–H groups in total. The van der Waals surface area contributed by atoms with Crippen molar-refractivity contribution < 1.29 is 4.79 Å². The number of alkyl halides is 1. The van der Waals surface area contributed by atoms with Crippen LogP contribution in [0.1, 0.15) is 18.4 Å². The van der Waals surface area contributed by atoms with Gasteiger partial charge in [-0.1, -0.05) is 0 Å². The van der Waals surface area contributed by atoms with Gasteiger partial charge >= 0.3 is 0 Å². The fraction of sp³-hybridized carbons (Fsp3) is 0.556. The van der Waals surface area contributed by atoms with Crippen LogP contribution in [-0.2, 0) is 11.2 Å². The van der Waals surface area contributed by atoms with E-state index in [2.05, 4.69) is 15.5 Å². The van der Waals surface area contributed by atoms with Crippen LogP contribution in [0.4, 0.5) is 0 Å². The van der Waals surface area contributed by atoms with Crippen molar-refractivity contribution in [1.29, 1.82) is 0 Å². The van der Waals surface area contributed by atoms with E-state index in [1.807, 2.05) is 12.4 Å². The zero-order chi connectivity index (χ0) is 10.2. The second kappa shape index (κ2) is 6.43. The lowest BCUT2D eigenvalue weighted by atomic mass is 10.1. The van der Waals surface area contributed by atoms with Gasteiger partial charge in [-0.25, -0.2) is 0 Å². The van der Waals surface area contributed by atoms with Crippen molar-refractivity contribution in [3.63, 3.8) is 0 Å². The summed E-state index contributed by atoms with van der Waals surface area (Å²) in [5.74, 6) is -0.0585. The van der Waals surface area contributed by atoms with Gasteiger partial charge in [-0.3, -0.25) is 9.89 Å². The summed E-state index contributed by atoms with van der Waals surface area (Å²) in [5.41, 5.74) is 1.20. The number of carbonyl (C=O) groups excluding carboxylic acids is 1. The Hall–Kier alpha value is -1.03. The fourth-order valence-electron chi connectivity index (χ4n) is 1.14. The van der Waals surface area contributed by atoms with Gasteiger partial charge < -0.3 is 5.32 Å². The number of hydrogen-bond donors (Lipinski definition) is 2.